The summed E-state index contributed by atoms with van der Waals surface area (Å²) in [7, 11) is 0. The second-order valence-electron chi connectivity index (χ2n) is 6.89. The van der Waals surface area contributed by atoms with E-state index in [0.29, 0.717) is 21.4 Å². The summed E-state index contributed by atoms with van der Waals surface area (Å²) in [6.07, 6.45) is 0. The summed E-state index contributed by atoms with van der Waals surface area (Å²) in [6.45, 7) is 6.48. The van der Waals surface area contributed by atoms with Crippen LogP contribution in [0.2, 0.25) is 0 Å². The number of nitrogens with one attached hydrogen (secondary N) is 2. The lowest BCUT2D eigenvalue weighted by Crippen LogP contribution is -2.57. The topological polar surface area (TPSA) is 64.7 Å². The van der Waals surface area contributed by atoms with Crippen LogP contribution in [0.3, 0.4) is 0 Å². The van der Waals surface area contributed by atoms with Gasteiger partial charge in [0.05, 0.1) is 21.4 Å². The number of nitrogens with zero attached hydrogens (tertiary/aromatic N) is 2. The van der Waals surface area contributed by atoms with Gasteiger partial charge in [0.1, 0.15) is 5.41 Å². The van der Waals surface area contributed by atoms with Crippen LogP contribution in [0.5, 0.6) is 0 Å². The van der Waals surface area contributed by atoms with Crippen molar-refractivity contribution in [2.75, 3.05) is 10.0 Å². The van der Waals surface area contributed by atoms with Crippen LogP contribution in [-0.4, -0.2) is 21.8 Å². The molecule has 2 aromatic rings. The summed E-state index contributed by atoms with van der Waals surface area (Å²) >= 11 is 10.5. The normalized spacial score (nSPS) is 10.6. The molecule has 8 heteroatoms. The molecule has 0 aromatic heterocycles. The Balaban J connectivity index is 2.19. The Morgan fingerprint density at radius 2 is 1.03 bits per heavy atom. The first-order valence-corrected chi connectivity index (χ1v) is 9.80. The van der Waals surface area contributed by atoms with Gasteiger partial charge in [0.25, 0.3) is 11.8 Å². The van der Waals surface area contributed by atoms with Crippen LogP contribution in [0.1, 0.15) is 27.7 Å². The van der Waals surface area contributed by atoms with Gasteiger partial charge in [-0.1, -0.05) is 60.8 Å². The lowest BCUT2D eigenvalue weighted by Gasteiger charge is -2.32. The van der Waals surface area contributed by atoms with E-state index in [9.17, 15) is 9.59 Å². The molecule has 29 heavy (non-hydrogen) atoms. The van der Waals surface area contributed by atoms with Gasteiger partial charge in [0, 0.05) is 0 Å². The zero-order valence-electron chi connectivity index (χ0n) is 16.8. The van der Waals surface area contributed by atoms with Gasteiger partial charge in [-0.2, -0.15) is 0 Å². The molecular weight excluding hydrogens is 404 g/mol. The zero-order chi connectivity index (χ0) is 21.6. The Bertz CT molecular complexity index is 828. The first-order valence-electron chi connectivity index (χ1n) is 8.98. The Labute approximate surface area is 181 Å². The molecule has 152 valence electrons. The van der Waals surface area contributed by atoms with Crippen molar-refractivity contribution in [3.05, 3.63) is 60.7 Å². The Morgan fingerprint density at radius 1 is 0.724 bits per heavy atom. The van der Waals surface area contributed by atoms with Gasteiger partial charge in [-0.05, 0) is 52.0 Å². The summed E-state index contributed by atoms with van der Waals surface area (Å²) in [5.74, 6) is -1.00. The second kappa shape index (κ2) is 9.58. The van der Waals surface area contributed by atoms with Gasteiger partial charge in [0.15, 0.2) is 0 Å². The molecule has 0 aliphatic carbocycles. The maximum absolute atomic E-state index is 13.0. The molecule has 0 unspecified atom stereocenters. The van der Waals surface area contributed by atoms with Crippen molar-refractivity contribution in [2.24, 2.45) is 5.41 Å². The quantitative estimate of drug-likeness (QED) is 0.439. The number of carbonyl (C=O) groups is 2. The zero-order valence-corrected chi connectivity index (χ0v) is 18.4. The minimum atomic E-state index is -1.39. The van der Waals surface area contributed by atoms with Crippen LogP contribution in [-0.2, 0) is 9.59 Å². The number of para-hydroxylation sites is 2. The average molecular weight is 429 g/mol. The summed E-state index contributed by atoms with van der Waals surface area (Å²) in [6, 6.07) is 18.3. The smallest absolute Gasteiger partial charge is 0.254 e. The van der Waals surface area contributed by atoms with Gasteiger partial charge < -0.3 is 0 Å². The standard InChI is InChI=1S/C21H24N4O2S2/c1-15(28)24(17-11-7-5-8-12-17)22-19(26)21(3,4)20(27)23-25(16(2)29)18-13-9-6-10-14-18/h5-14H,1-4H3,(H,22,26)(H,23,27). The maximum Gasteiger partial charge on any atom is 0.254 e. The third-order valence-corrected chi connectivity index (χ3v) is 4.59. The third kappa shape index (κ3) is 5.58. The summed E-state index contributed by atoms with van der Waals surface area (Å²) in [5.41, 5.74) is 5.48. The van der Waals surface area contributed by atoms with Crippen molar-refractivity contribution in [1.82, 2.24) is 10.9 Å². The summed E-state index contributed by atoms with van der Waals surface area (Å²) < 4.78 is 0. The minimum Gasteiger partial charge on any atom is -0.272 e. The number of benzene rings is 2. The van der Waals surface area contributed by atoms with E-state index in [4.69, 9.17) is 24.4 Å². The monoisotopic (exact) mass is 428 g/mol. The van der Waals surface area contributed by atoms with Gasteiger partial charge in [-0.15, -0.1) is 0 Å². The van der Waals surface area contributed by atoms with E-state index < -0.39 is 17.2 Å². The Kier molecular flexibility index (Phi) is 7.41. The molecule has 0 bridgehead atoms. The van der Waals surface area contributed by atoms with E-state index in [2.05, 4.69) is 10.9 Å². The highest BCUT2D eigenvalue weighted by Gasteiger charge is 2.38. The van der Waals surface area contributed by atoms with E-state index in [1.54, 1.807) is 27.7 Å². The number of hydrogen-bond donors (Lipinski definition) is 2. The number of rotatable bonds is 4. The van der Waals surface area contributed by atoms with Gasteiger partial charge in [-0.25, -0.2) is 10.0 Å². The van der Waals surface area contributed by atoms with Crippen molar-refractivity contribution in [2.45, 2.75) is 27.7 Å². The molecule has 6 nitrogen and oxygen atoms in total. The van der Waals surface area contributed by atoms with E-state index >= 15 is 0 Å². The minimum absolute atomic E-state index is 0.446. The van der Waals surface area contributed by atoms with E-state index in [-0.39, 0.29) is 0 Å². The molecule has 0 saturated carbocycles. The van der Waals surface area contributed by atoms with Crippen LogP contribution in [0, 0.1) is 5.41 Å². The van der Waals surface area contributed by atoms with Crippen molar-refractivity contribution in [3.8, 4) is 0 Å². The highest BCUT2D eigenvalue weighted by Crippen LogP contribution is 2.20. The highest BCUT2D eigenvalue weighted by molar-refractivity contribution is 7.80. The fraction of sp³-hybridized carbons (Fsp3) is 0.238. The lowest BCUT2D eigenvalue weighted by atomic mass is 9.91. The molecule has 0 spiro atoms. The number of hydrogen-bond acceptors (Lipinski definition) is 4. The predicted molar refractivity (Wildman–Crippen MR) is 124 cm³/mol. The number of carbonyl (C=O) groups excluding carboxylic acids is 2. The Hall–Kier alpha value is -2.84. The number of anilines is 2. The molecular formula is C21H24N4O2S2. The highest BCUT2D eigenvalue weighted by atomic mass is 32.1. The van der Waals surface area contributed by atoms with Crippen LogP contribution >= 0.6 is 24.4 Å². The maximum atomic E-state index is 13.0. The van der Waals surface area contributed by atoms with Crippen LogP contribution in [0.15, 0.2) is 60.7 Å². The summed E-state index contributed by atoms with van der Waals surface area (Å²) in [4.78, 5) is 26.8. The van der Waals surface area contributed by atoms with E-state index in [0.717, 1.165) is 0 Å². The number of thiocarbonyl (C=S) groups is 2. The SMILES string of the molecule is CC(=S)N(NC(=O)C(C)(C)C(=O)NN(C(C)=S)c1ccccc1)c1ccccc1. The van der Waals surface area contributed by atoms with Crippen molar-refractivity contribution in [3.63, 3.8) is 0 Å². The molecule has 2 amide bonds. The first-order chi connectivity index (χ1) is 13.6. The molecule has 2 aromatic carbocycles. The average Bonchev–Trinajstić information content (AvgIpc) is 2.70. The van der Waals surface area contributed by atoms with Crippen molar-refractivity contribution in [1.29, 1.82) is 0 Å². The molecule has 0 aliphatic heterocycles. The molecule has 0 saturated heterocycles. The van der Waals surface area contributed by atoms with Crippen LogP contribution in [0.4, 0.5) is 11.4 Å². The predicted octanol–water partition coefficient (Wildman–Crippen LogP) is 3.78. The third-order valence-electron chi connectivity index (χ3n) is 4.22. The first kappa shape index (κ1) is 22.4. The fourth-order valence-corrected chi connectivity index (χ4v) is 2.69. The molecule has 0 radical (unpaired) electrons. The van der Waals surface area contributed by atoms with E-state index in [1.807, 2.05) is 60.7 Å². The van der Waals surface area contributed by atoms with Crippen molar-refractivity contribution >= 4 is 57.6 Å². The second-order valence-corrected chi connectivity index (χ2v) is 8.07. The molecule has 2 N–H and O–H groups in total. The lowest BCUT2D eigenvalue weighted by molar-refractivity contribution is -0.141. The van der Waals surface area contributed by atoms with E-state index in [1.165, 1.54) is 10.0 Å². The number of hydrazine groups is 2. The fourth-order valence-electron chi connectivity index (χ4n) is 2.39. The summed E-state index contributed by atoms with van der Waals surface area (Å²) in [5, 5.41) is 2.96. The molecule has 0 atom stereocenters. The van der Waals surface area contributed by atoms with Crippen molar-refractivity contribution < 1.29 is 9.59 Å². The van der Waals surface area contributed by atoms with Gasteiger partial charge in [-0.3, -0.25) is 20.4 Å². The molecule has 0 fully saturated rings. The molecule has 2 rings (SSSR count). The van der Waals surface area contributed by atoms with Crippen LogP contribution in [0.25, 0.3) is 0 Å². The molecule has 0 heterocycles. The number of amides is 2. The van der Waals surface area contributed by atoms with Crippen LogP contribution < -0.4 is 20.9 Å². The van der Waals surface area contributed by atoms with Gasteiger partial charge in [0.2, 0.25) is 0 Å². The Morgan fingerprint density at radius 3 is 1.31 bits per heavy atom. The van der Waals surface area contributed by atoms with Gasteiger partial charge >= 0.3 is 0 Å². The largest absolute Gasteiger partial charge is 0.272 e. The molecule has 0 aliphatic rings.